The van der Waals surface area contributed by atoms with Gasteiger partial charge in [-0.2, -0.15) is 0 Å². The zero-order valence-electron chi connectivity index (χ0n) is 20.6. The minimum Gasteiger partial charge on any atom is -0.508 e. The van der Waals surface area contributed by atoms with Crippen molar-refractivity contribution in [2.75, 3.05) is 34.0 Å². The van der Waals surface area contributed by atoms with Crippen molar-refractivity contribution in [2.24, 2.45) is 0 Å². The molecule has 1 saturated heterocycles. The van der Waals surface area contributed by atoms with Crippen LogP contribution in [0.5, 0.6) is 23.0 Å². The molecular formula is C26H34O11. The molecular weight excluding hydrogens is 488 g/mol. The molecule has 0 spiro atoms. The number of aliphatic hydroxyl groups is 6. The third kappa shape index (κ3) is 6.70. The summed E-state index contributed by atoms with van der Waals surface area (Å²) in [6.45, 7) is -1.18. The number of ether oxygens (including phenoxy) is 4. The van der Waals surface area contributed by atoms with Crippen LogP contribution in [0.1, 0.15) is 22.6 Å². The summed E-state index contributed by atoms with van der Waals surface area (Å²) in [6, 6.07) is 8.02. The van der Waals surface area contributed by atoms with Crippen molar-refractivity contribution in [3.05, 3.63) is 53.1 Å². The molecule has 204 valence electrons. The second-order valence-electron chi connectivity index (χ2n) is 8.66. The van der Waals surface area contributed by atoms with Gasteiger partial charge >= 0.3 is 0 Å². The lowest BCUT2D eigenvalue weighted by Crippen LogP contribution is -2.60. The van der Waals surface area contributed by atoms with Gasteiger partial charge in [0.1, 0.15) is 35.9 Å². The first kappa shape index (κ1) is 28.7. The SMILES string of the molecule is COc1cc(O)cc(C[C@H](CO)c2cc(C=CCO)cc(OC)c2O[C@@H]2O[C@H](CO)[C@@H](O)[C@H](O)[C@H]2O)c1. The summed E-state index contributed by atoms with van der Waals surface area (Å²) in [4.78, 5) is 0. The number of benzene rings is 2. The number of rotatable bonds is 11. The molecule has 11 heteroatoms. The topological polar surface area (TPSA) is 179 Å². The molecule has 6 atom stereocenters. The molecule has 0 unspecified atom stereocenters. The van der Waals surface area contributed by atoms with E-state index in [1.807, 2.05) is 0 Å². The standard InChI is InChI=1S/C26H34O11/c1-34-18-8-15(7-17(30)11-18)6-16(12-28)19-9-14(4-3-5-27)10-20(35-2)25(19)37-26-24(33)23(32)22(31)21(13-29)36-26/h3-4,7-11,16,21-24,26-33H,5-6,12-13H2,1-2H3/t16-,21-,22-,23+,24-,26+/m1/s1. The highest BCUT2D eigenvalue weighted by molar-refractivity contribution is 5.60. The number of aliphatic hydroxyl groups excluding tert-OH is 6. The van der Waals surface area contributed by atoms with E-state index in [9.17, 15) is 35.7 Å². The van der Waals surface area contributed by atoms with Crippen LogP contribution in [0.25, 0.3) is 6.08 Å². The van der Waals surface area contributed by atoms with Crippen LogP contribution in [0.3, 0.4) is 0 Å². The predicted molar refractivity (Wildman–Crippen MR) is 132 cm³/mol. The Kier molecular flexibility index (Phi) is 10.1. The molecule has 1 fully saturated rings. The van der Waals surface area contributed by atoms with Crippen molar-refractivity contribution in [2.45, 2.75) is 43.0 Å². The lowest BCUT2D eigenvalue weighted by Gasteiger charge is -2.40. The molecule has 0 bridgehead atoms. The summed E-state index contributed by atoms with van der Waals surface area (Å²) in [5.74, 6) is 0.114. The zero-order chi connectivity index (χ0) is 27.1. The molecule has 0 saturated carbocycles. The highest BCUT2D eigenvalue weighted by atomic mass is 16.7. The summed E-state index contributed by atoms with van der Waals surface area (Å²) < 4.78 is 22.2. The fourth-order valence-electron chi connectivity index (χ4n) is 4.23. The summed E-state index contributed by atoms with van der Waals surface area (Å²) >= 11 is 0. The van der Waals surface area contributed by atoms with Crippen LogP contribution < -0.4 is 14.2 Å². The average Bonchev–Trinajstić information content (AvgIpc) is 2.90. The quantitative estimate of drug-likeness (QED) is 0.210. The van der Waals surface area contributed by atoms with E-state index in [1.165, 1.54) is 32.4 Å². The first-order valence-corrected chi connectivity index (χ1v) is 11.7. The van der Waals surface area contributed by atoms with Gasteiger partial charge in [0, 0.05) is 17.5 Å². The number of methoxy groups -OCH3 is 2. The van der Waals surface area contributed by atoms with Crippen LogP contribution in [0.2, 0.25) is 0 Å². The smallest absolute Gasteiger partial charge is 0.229 e. The van der Waals surface area contributed by atoms with E-state index in [0.717, 1.165) is 0 Å². The van der Waals surface area contributed by atoms with Gasteiger partial charge in [-0.1, -0.05) is 12.2 Å². The Labute approximate surface area is 214 Å². The highest BCUT2D eigenvalue weighted by Gasteiger charge is 2.45. The van der Waals surface area contributed by atoms with Crippen LogP contribution in [0, 0.1) is 0 Å². The number of hydrogen-bond acceptors (Lipinski definition) is 11. The van der Waals surface area contributed by atoms with Gasteiger partial charge in [-0.05, 0) is 41.8 Å². The van der Waals surface area contributed by atoms with E-state index in [2.05, 4.69) is 0 Å². The van der Waals surface area contributed by atoms with Gasteiger partial charge in [0.25, 0.3) is 0 Å². The van der Waals surface area contributed by atoms with E-state index in [-0.39, 0.29) is 36.9 Å². The first-order valence-electron chi connectivity index (χ1n) is 11.7. The van der Waals surface area contributed by atoms with Crippen LogP contribution in [0.4, 0.5) is 0 Å². The van der Waals surface area contributed by atoms with E-state index in [4.69, 9.17) is 18.9 Å². The van der Waals surface area contributed by atoms with Gasteiger partial charge in [-0.25, -0.2) is 0 Å². The maximum atomic E-state index is 10.5. The molecule has 3 rings (SSSR count). The Hall–Kier alpha value is -2.90. The second kappa shape index (κ2) is 13.1. The number of phenolic OH excluding ortho intramolecular Hbond substituents is 1. The van der Waals surface area contributed by atoms with E-state index < -0.39 is 43.2 Å². The van der Waals surface area contributed by atoms with E-state index in [0.29, 0.717) is 22.4 Å². The summed E-state index contributed by atoms with van der Waals surface area (Å²) in [5, 5.41) is 70.0. The van der Waals surface area contributed by atoms with Crippen LogP contribution in [0.15, 0.2) is 36.4 Å². The normalized spacial score (nSPS) is 24.7. The van der Waals surface area contributed by atoms with E-state index >= 15 is 0 Å². The molecule has 0 aliphatic carbocycles. The zero-order valence-corrected chi connectivity index (χ0v) is 20.6. The van der Waals surface area contributed by atoms with Gasteiger partial charge in [-0.15, -0.1) is 0 Å². The second-order valence-corrected chi connectivity index (χ2v) is 8.66. The first-order chi connectivity index (χ1) is 17.8. The van der Waals surface area contributed by atoms with Gasteiger partial charge < -0.3 is 54.7 Å². The summed E-state index contributed by atoms with van der Waals surface area (Å²) in [5.41, 5.74) is 1.72. The Bertz CT molecular complexity index is 1060. The minimum atomic E-state index is -1.66. The molecule has 2 aromatic rings. The van der Waals surface area contributed by atoms with Crippen molar-refractivity contribution in [3.8, 4) is 23.0 Å². The largest absolute Gasteiger partial charge is 0.508 e. The van der Waals surface area contributed by atoms with Gasteiger partial charge in [0.05, 0.1) is 34.0 Å². The minimum absolute atomic E-state index is 0.0129. The fourth-order valence-corrected chi connectivity index (χ4v) is 4.23. The molecule has 0 radical (unpaired) electrons. The summed E-state index contributed by atoms with van der Waals surface area (Å²) in [6.07, 6.45) is -4.13. The van der Waals surface area contributed by atoms with Gasteiger partial charge in [0.15, 0.2) is 11.5 Å². The molecule has 2 aromatic carbocycles. The maximum Gasteiger partial charge on any atom is 0.229 e. The molecule has 11 nitrogen and oxygen atoms in total. The Balaban J connectivity index is 2.07. The molecule has 0 amide bonds. The maximum absolute atomic E-state index is 10.5. The van der Waals surface area contributed by atoms with Crippen molar-refractivity contribution in [1.82, 2.24) is 0 Å². The number of aromatic hydroxyl groups is 1. The molecule has 1 heterocycles. The van der Waals surface area contributed by atoms with Crippen LogP contribution in [-0.2, 0) is 11.2 Å². The monoisotopic (exact) mass is 522 g/mol. The highest BCUT2D eigenvalue weighted by Crippen LogP contribution is 2.41. The van der Waals surface area contributed by atoms with Crippen molar-refractivity contribution in [1.29, 1.82) is 0 Å². The lowest BCUT2D eigenvalue weighted by atomic mass is 9.90. The fraction of sp³-hybridized carbons (Fsp3) is 0.462. The number of phenols is 1. The van der Waals surface area contributed by atoms with Crippen LogP contribution >= 0.6 is 0 Å². The molecule has 1 aliphatic heterocycles. The summed E-state index contributed by atoms with van der Waals surface area (Å²) in [7, 11) is 2.86. The Morgan fingerprint density at radius 3 is 2.32 bits per heavy atom. The van der Waals surface area contributed by atoms with Crippen molar-refractivity contribution in [3.63, 3.8) is 0 Å². The average molecular weight is 523 g/mol. The lowest BCUT2D eigenvalue weighted by molar-refractivity contribution is -0.277. The molecule has 7 N–H and O–H groups in total. The van der Waals surface area contributed by atoms with Gasteiger partial charge in [-0.3, -0.25) is 0 Å². The van der Waals surface area contributed by atoms with Crippen molar-refractivity contribution < 1.29 is 54.7 Å². The molecule has 0 aromatic heterocycles. The van der Waals surface area contributed by atoms with E-state index in [1.54, 1.807) is 24.3 Å². The van der Waals surface area contributed by atoms with Gasteiger partial charge in [0.2, 0.25) is 6.29 Å². The molecule has 1 aliphatic rings. The number of hydrogen-bond donors (Lipinski definition) is 7. The third-order valence-corrected chi connectivity index (χ3v) is 6.15. The van der Waals surface area contributed by atoms with Crippen LogP contribution in [-0.4, -0.2) is 100 Å². The Morgan fingerprint density at radius 2 is 1.70 bits per heavy atom. The van der Waals surface area contributed by atoms with Crippen molar-refractivity contribution >= 4 is 6.08 Å². The Morgan fingerprint density at radius 1 is 0.946 bits per heavy atom. The molecule has 37 heavy (non-hydrogen) atoms. The third-order valence-electron chi connectivity index (χ3n) is 6.15. The predicted octanol–water partition coefficient (Wildman–Crippen LogP) is -0.0878.